The largest absolute Gasteiger partial charge is 0.487 e. The maximum atomic E-state index is 12.7. The van der Waals surface area contributed by atoms with Crippen molar-refractivity contribution in [2.75, 3.05) is 5.32 Å². The fraction of sp³-hybridized carbons (Fsp3) is 0.263. The monoisotopic (exact) mass is 413 g/mol. The fourth-order valence-corrected chi connectivity index (χ4v) is 2.74. The van der Waals surface area contributed by atoms with Crippen LogP contribution in [-0.2, 0) is 17.6 Å². The molecule has 1 fully saturated rings. The van der Waals surface area contributed by atoms with E-state index in [2.05, 4.69) is 5.32 Å². The van der Waals surface area contributed by atoms with Gasteiger partial charge in [0.25, 0.3) is 0 Å². The third-order valence-corrected chi connectivity index (χ3v) is 4.47. The average Bonchev–Trinajstić information content (AvgIpc) is 3.45. The van der Waals surface area contributed by atoms with E-state index in [-0.39, 0.29) is 40.5 Å². The molecule has 1 amide bonds. The first-order chi connectivity index (χ1) is 13.1. The van der Waals surface area contributed by atoms with Crippen molar-refractivity contribution in [3.8, 4) is 5.75 Å². The zero-order valence-electron chi connectivity index (χ0n) is 14.3. The van der Waals surface area contributed by atoms with Gasteiger partial charge in [0.05, 0.1) is 21.8 Å². The lowest BCUT2D eigenvalue weighted by molar-refractivity contribution is -0.137. The highest BCUT2D eigenvalue weighted by atomic mass is 35.5. The van der Waals surface area contributed by atoms with Gasteiger partial charge >= 0.3 is 12.1 Å². The van der Waals surface area contributed by atoms with E-state index in [1.165, 1.54) is 12.1 Å². The highest BCUT2D eigenvalue weighted by molar-refractivity contribution is 6.32. The van der Waals surface area contributed by atoms with Gasteiger partial charge in [-0.15, -0.1) is 0 Å². The number of carboxylic acid groups (broad SMARTS) is 1. The molecule has 2 aromatic carbocycles. The Labute approximate surface area is 163 Å². The first kappa shape index (κ1) is 20.0. The number of alkyl halides is 3. The Hall–Kier alpha value is -2.74. The van der Waals surface area contributed by atoms with Crippen LogP contribution in [0.5, 0.6) is 5.75 Å². The lowest BCUT2D eigenvalue weighted by Crippen LogP contribution is -2.16. The number of benzene rings is 2. The molecule has 9 heteroatoms. The minimum atomic E-state index is -4.51. The molecule has 0 aliphatic heterocycles. The summed E-state index contributed by atoms with van der Waals surface area (Å²) in [5.74, 6) is -1.48. The van der Waals surface area contributed by atoms with E-state index in [9.17, 15) is 27.9 Å². The summed E-state index contributed by atoms with van der Waals surface area (Å²) >= 11 is 5.83. The van der Waals surface area contributed by atoms with Gasteiger partial charge in [0.15, 0.2) is 0 Å². The van der Waals surface area contributed by atoms with Crippen molar-refractivity contribution in [1.29, 1.82) is 0 Å². The summed E-state index contributed by atoms with van der Waals surface area (Å²) < 4.78 is 43.4. The summed E-state index contributed by atoms with van der Waals surface area (Å²) in [5.41, 5.74) is -0.360. The van der Waals surface area contributed by atoms with Crippen LogP contribution in [0.4, 0.5) is 18.9 Å². The van der Waals surface area contributed by atoms with Gasteiger partial charge in [-0.1, -0.05) is 17.7 Å². The van der Waals surface area contributed by atoms with Gasteiger partial charge in [0.1, 0.15) is 12.4 Å². The maximum Gasteiger partial charge on any atom is 0.416 e. The van der Waals surface area contributed by atoms with Crippen LogP contribution in [0.1, 0.15) is 34.3 Å². The summed E-state index contributed by atoms with van der Waals surface area (Å²) in [7, 11) is 0. The number of hydrogen-bond donors (Lipinski definition) is 2. The second kappa shape index (κ2) is 7.71. The van der Waals surface area contributed by atoms with E-state index in [1.54, 1.807) is 6.07 Å². The Balaban J connectivity index is 1.73. The molecule has 5 nitrogen and oxygen atoms in total. The number of halogens is 4. The highest BCUT2D eigenvalue weighted by Gasteiger charge is 2.31. The molecule has 0 spiro atoms. The first-order valence-corrected chi connectivity index (χ1v) is 8.69. The van der Waals surface area contributed by atoms with Gasteiger partial charge in [-0.05, 0) is 48.7 Å². The molecule has 28 heavy (non-hydrogen) atoms. The summed E-state index contributed by atoms with van der Waals surface area (Å²) in [6, 6.07) is 7.07. The van der Waals surface area contributed by atoms with Gasteiger partial charge in [-0.3, -0.25) is 4.79 Å². The number of rotatable bonds is 6. The molecule has 0 unspecified atom stereocenters. The second-order valence-corrected chi connectivity index (χ2v) is 6.79. The van der Waals surface area contributed by atoms with Gasteiger partial charge in [0, 0.05) is 5.92 Å². The van der Waals surface area contributed by atoms with Gasteiger partial charge in [-0.25, -0.2) is 4.79 Å². The Kier molecular flexibility index (Phi) is 5.51. The van der Waals surface area contributed by atoms with Crippen LogP contribution >= 0.6 is 11.6 Å². The van der Waals surface area contributed by atoms with Crippen molar-refractivity contribution < 1.29 is 32.6 Å². The van der Waals surface area contributed by atoms with Gasteiger partial charge < -0.3 is 15.2 Å². The van der Waals surface area contributed by atoms with E-state index in [0.29, 0.717) is 5.56 Å². The van der Waals surface area contributed by atoms with Crippen molar-refractivity contribution in [2.24, 2.45) is 5.92 Å². The smallest absolute Gasteiger partial charge is 0.416 e. The van der Waals surface area contributed by atoms with Crippen molar-refractivity contribution >= 4 is 29.2 Å². The number of anilines is 1. The van der Waals surface area contributed by atoms with Crippen LogP contribution in [-0.4, -0.2) is 17.0 Å². The number of hydrogen-bond acceptors (Lipinski definition) is 3. The van der Waals surface area contributed by atoms with E-state index in [1.807, 2.05) is 0 Å². The number of ether oxygens (including phenoxy) is 1. The normalized spacial score (nSPS) is 13.9. The van der Waals surface area contributed by atoms with Crippen LogP contribution in [0.3, 0.4) is 0 Å². The molecule has 3 rings (SSSR count). The average molecular weight is 414 g/mol. The zero-order chi connectivity index (χ0) is 20.5. The summed E-state index contributed by atoms with van der Waals surface area (Å²) in [6.45, 7) is -0.109. The number of carbonyl (C=O) groups is 2. The molecule has 2 aromatic rings. The first-order valence-electron chi connectivity index (χ1n) is 8.32. The third kappa shape index (κ3) is 4.75. The predicted octanol–water partition coefficient (Wildman–Crippen LogP) is 4.98. The number of carboxylic acids is 1. The molecular weight excluding hydrogens is 399 g/mol. The molecule has 0 bridgehead atoms. The van der Waals surface area contributed by atoms with Gasteiger partial charge in [0.2, 0.25) is 5.91 Å². The second-order valence-electron chi connectivity index (χ2n) is 6.38. The highest BCUT2D eigenvalue weighted by Crippen LogP contribution is 2.35. The summed E-state index contributed by atoms with van der Waals surface area (Å²) in [5, 5.41) is 11.8. The number of carbonyl (C=O) groups excluding carboxylic acids is 1. The molecule has 1 saturated carbocycles. The lowest BCUT2D eigenvalue weighted by Gasteiger charge is -2.13. The van der Waals surface area contributed by atoms with E-state index >= 15 is 0 Å². The van der Waals surface area contributed by atoms with Crippen LogP contribution in [0.15, 0.2) is 36.4 Å². The molecule has 148 valence electrons. The van der Waals surface area contributed by atoms with E-state index in [4.69, 9.17) is 16.3 Å². The maximum absolute atomic E-state index is 12.7. The molecule has 2 N–H and O–H groups in total. The summed E-state index contributed by atoms with van der Waals surface area (Å²) in [4.78, 5) is 23.3. The minimum absolute atomic E-state index is 0.0395. The van der Waals surface area contributed by atoms with Crippen LogP contribution in [0.2, 0.25) is 5.02 Å². The minimum Gasteiger partial charge on any atom is -0.487 e. The topological polar surface area (TPSA) is 75.6 Å². The Bertz CT molecular complexity index is 926. The summed E-state index contributed by atoms with van der Waals surface area (Å²) in [6.07, 6.45) is -2.94. The van der Waals surface area contributed by atoms with Crippen molar-refractivity contribution in [3.05, 3.63) is 58.1 Å². The molecule has 0 heterocycles. The standard InChI is InChI=1S/C19H15ClF3NO4/c20-14-8-12(19(21,22)23)4-6-16(14)28-9-10-1-5-15(13(7-10)18(26)27)24-17(25)11-2-3-11/h1,4-8,11H,2-3,9H2,(H,24,25)(H,26,27). The molecule has 1 aliphatic rings. The molecule has 1 aliphatic carbocycles. The van der Waals surface area contributed by atoms with Crippen LogP contribution in [0, 0.1) is 5.92 Å². The van der Waals surface area contributed by atoms with Crippen molar-refractivity contribution in [3.63, 3.8) is 0 Å². The Morgan fingerprint density at radius 3 is 2.46 bits per heavy atom. The predicted molar refractivity (Wildman–Crippen MR) is 95.5 cm³/mol. The Morgan fingerprint density at radius 1 is 1.18 bits per heavy atom. The molecular formula is C19H15ClF3NO4. The Morgan fingerprint density at radius 2 is 1.89 bits per heavy atom. The van der Waals surface area contributed by atoms with Gasteiger partial charge in [-0.2, -0.15) is 13.2 Å². The van der Waals surface area contributed by atoms with Crippen LogP contribution < -0.4 is 10.1 Å². The van der Waals surface area contributed by atoms with Crippen molar-refractivity contribution in [1.82, 2.24) is 0 Å². The fourth-order valence-electron chi connectivity index (χ4n) is 2.50. The molecule has 0 aromatic heterocycles. The number of nitrogens with one attached hydrogen (secondary N) is 1. The van der Waals surface area contributed by atoms with Crippen molar-refractivity contribution in [2.45, 2.75) is 25.6 Å². The number of amides is 1. The quantitative estimate of drug-likeness (QED) is 0.700. The van der Waals surface area contributed by atoms with E-state index in [0.717, 1.165) is 31.0 Å². The van der Waals surface area contributed by atoms with Crippen LogP contribution in [0.25, 0.3) is 0 Å². The third-order valence-electron chi connectivity index (χ3n) is 4.17. The molecule has 0 radical (unpaired) electrons. The van der Waals surface area contributed by atoms with E-state index < -0.39 is 17.7 Å². The molecule has 0 atom stereocenters. The zero-order valence-corrected chi connectivity index (χ0v) is 15.1. The SMILES string of the molecule is O=C(O)c1cc(COc2ccc(C(F)(F)F)cc2Cl)ccc1NC(=O)C1CC1. The number of aromatic carboxylic acids is 1. The lowest BCUT2D eigenvalue weighted by atomic mass is 10.1. The molecule has 0 saturated heterocycles.